The second kappa shape index (κ2) is 5.10. The monoisotopic (exact) mass is 346 g/mol. The van der Waals surface area contributed by atoms with E-state index in [1.165, 1.54) is 12.1 Å². The van der Waals surface area contributed by atoms with Crippen molar-refractivity contribution in [3.05, 3.63) is 40.9 Å². The maximum absolute atomic E-state index is 13.6. The third kappa shape index (κ3) is 3.18. The number of anilines is 2. The Balaban J connectivity index is 2.33. The van der Waals surface area contributed by atoms with Gasteiger partial charge in [0.2, 0.25) is 5.95 Å². The highest BCUT2D eigenvalue weighted by molar-refractivity contribution is 9.10. The van der Waals surface area contributed by atoms with Gasteiger partial charge in [0, 0.05) is 4.47 Å². The molecule has 1 aromatic heterocycles. The van der Waals surface area contributed by atoms with Crippen molar-refractivity contribution < 1.29 is 12.8 Å². The van der Waals surface area contributed by atoms with Gasteiger partial charge in [-0.05, 0) is 18.2 Å². The van der Waals surface area contributed by atoms with Crippen molar-refractivity contribution in [2.24, 2.45) is 0 Å². The Labute approximate surface area is 117 Å². The third-order valence-corrected chi connectivity index (χ3v) is 3.95. The first-order valence-corrected chi connectivity index (χ1v) is 7.21. The molecule has 9 heteroatoms. The lowest BCUT2D eigenvalue weighted by Gasteiger charge is -2.08. The average Bonchev–Trinajstić information content (AvgIpc) is 2.33. The smallest absolute Gasteiger partial charge is 0.265 e. The van der Waals surface area contributed by atoms with E-state index < -0.39 is 15.8 Å². The largest absolute Gasteiger partial charge is 0.368 e. The summed E-state index contributed by atoms with van der Waals surface area (Å²) in [5, 5.41) is 0. The molecule has 0 bridgehead atoms. The molecule has 0 saturated carbocycles. The number of hydrogen-bond donors (Lipinski definition) is 2. The number of nitrogens with zero attached hydrogens (tertiary/aromatic N) is 2. The predicted octanol–water partition coefficient (Wildman–Crippen LogP) is 1.76. The summed E-state index contributed by atoms with van der Waals surface area (Å²) in [7, 11) is -3.95. The van der Waals surface area contributed by atoms with Gasteiger partial charge in [0.05, 0.1) is 18.1 Å². The summed E-state index contributed by atoms with van der Waals surface area (Å²) in [6, 6.07) is 3.97. The molecule has 0 aliphatic rings. The fraction of sp³-hybridized carbons (Fsp3) is 0. The summed E-state index contributed by atoms with van der Waals surface area (Å²) < 4.78 is 40.0. The van der Waals surface area contributed by atoms with Crippen molar-refractivity contribution >= 4 is 37.6 Å². The van der Waals surface area contributed by atoms with Crippen molar-refractivity contribution in [3.63, 3.8) is 0 Å². The molecule has 1 heterocycles. The second-order valence-corrected chi connectivity index (χ2v) is 6.10. The molecule has 1 aromatic carbocycles. The van der Waals surface area contributed by atoms with E-state index in [-0.39, 0.29) is 16.5 Å². The van der Waals surface area contributed by atoms with E-state index >= 15 is 0 Å². The number of aromatic nitrogens is 2. The molecule has 0 saturated heterocycles. The molecule has 19 heavy (non-hydrogen) atoms. The molecule has 100 valence electrons. The van der Waals surface area contributed by atoms with Gasteiger partial charge in [-0.2, -0.15) is 0 Å². The Hall–Kier alpha value is -1.74. The zero-order valence-electron chi connectivity index (χ0n) is 9.34. The lowest BCUT2D eigenvalue weighted by Crippen LogP contribution is -2.15. The van der Waals surface area contributed by atoms with Crippen molar-refractivity contribution in [1.82, 2.24) is 9.97 Å². The fourth-order valence-corrected chi connectivity index (χ4v) is 2.53. The molecule has 0 amide bonds. The molecule has 0 atom stereocenters. The summed E-state index contributed by atoms with van der Waals surface area (Å²) in [4.78, 5) is 6.94. The molecule has 6 nitrogen and oxygen atoms in total. The van der Waals surface area contributed by atoms with Crippen molar-refractivity contribution in [3.8, 4) is 0 Å². The molecular formula is C10H8BrFN4O2S. The van der Waals surface area contributed by atoms with E-state index in [0.29, 0.717) is 4.47 Å². The average molecular weight is 347 g/mol. The van der Waals surface area contributed by atoms with Gasteiger partial charge in [-0.3, -0.25) is 4.72 Å². The van der Waals surface area contributed by atoms with E-state index in [0.717, 1.165) is 18.5 Å². The van der Waals surface area contributed by atoms with Crippen LogP contribution in [0.4, 0.5) is 16.0 Å². The highest BCUT2D eigenvalue weighted by atomic mass is 79.9. The van der Waals surface area contributed by atoms with Gasteiger partial charge in [0.1, 0.15) is 10.7 Å². The number of nitrogen functional groups attached to an aromatic ring is 1. The fourth-order valence-electron chi connectivity index (χ4n) is 1.24. The first kappa shape index (κ1) is 13.7. The van der Waals surface area contributed by atoms with Crippen LogP contribution in [-0.2, 0) is 10.0 Å². The Morgan fingerprint density at radius 2 is 1.89 bits per heavy atom. The zero-order valence-corrected chi connectivity index (χ0v) is 11.7. The highest BCUT2D eigenvalue weighted by Gasteiger charge is 2.17. The lowest BCUT2D eigenvalue weighted by atomic mass is 10.3. The van der Waals surface area contributed by atoms with Gasteiger partial charge in [-0.15, -0.1) is 0 Å². The summed E-state index contributed by atoms with van der Waals surface area (Å²) in [6.07, 6.45) is 2.09. The van der Waals surface area contributed by atoms with Gasteiger partial charge >= 0.3 is 0 Å². The van der Waals surface area contributed by atoms with Crippen LogP contribution in [0.25, 0.3) is 0 Å². The normalized spacial score (nSPS) is 11.3. The van der Waals surface area contributed by atoms with E-state index in [4.69, 9.17) is 5.73 Å². The minimum atomic E-state index is -3.95. The third-order valence-electron chi connectivity index (χ3n) is 2.13. The second-order valence-electron chi connectivity index (χ2n) is 3.51. The van der Waals surface area contributed by atoms with Gasteiger partial charge in [-0.1, -0.05) is 15.9 Å². The van der Waals surface area contributed by atoms with Crippen LogP contribution in [0.3, 0.4) is 0 Å². The Morgan fingerprint density at radius 3 is 2.47 bits per heavy atom. The molecule has 0 unspecified atom stereocenters. The zero-order chi connectivity index (χ0) is 14.0. The Kier molecular flexibility index (Phi) is 3.67. The minimum absolute atomic E-state index is 0.0474. The van der Waals surface area contributed by atoms with Crippen LogP contribution >= 0.6 is 15.9 Å². The number of nitrogens with two attached hydrogens (primary N) is 1. The van der Waals surface area contributed by atoms with Crippen LogP contribution < -0.4 is 10.5 Å². The molecule has 0 fully saturated rings. The molecular weight excluding hydrogens is 339 g/mol. The summed E-state index contributed by atoms with van der Waals surface area (Å²) in [6.45, 7) is 0. The summed E-state index contributed by atoms with van der Waals surface area (Å²) >= 11 is 3.08. The minimum Gasteiger partial charge on any atom is -0.368 e. The first-order valence-electron chi connectivity index (χ1n) is 4.94. The topological polar surface area (TPSA) is 98.0 Å². The molecule has 0 radical (unpaired) electrons. The van der Waals surface area contributed by atoms with Crippen molar-refractivity contribution in [2.45, 2.75) is 4.90 Å². The number of halogens is 2. The maximum atomic E-state index is 13.6. The lowest BCUT2D eigenvalue weighted by molar-refractivity contribution is 0.597. The molecule has 0 aliphatic heterocycles. The summed E-state index contributed by atoms with van der Waals surface area (Å²) in [5.41, 5.74) is 5.09. The Bertz CT molecular complexity index is 706. The molecule has 2 aromatic rings. The quantitative estimate of drug-likeness (QED) is 0.882. The van der Waals surface area contributed by atoms with Gasteiger partial charge < -0.3 is 5.73 Å². The number of sulfonamides is 1. The van der Waals surface area contributed by atoms with E-state index in [1.807, 2.05) is 0 Å². The summed E-state index contributed by atoms with van der Waals surface area (Å²) in [5.74, 6) is -0.747. The molecule has 0 spiro atoms. The first-order chi connectivity index (χ1) is 8.88. The number of hydrogen-bond acceptors (Lipinski definition) is 5. The van der Waals surface area contributed by atoms with Gasteiger partial charge in [0.25, 0.3) is 10.0 Å². The van der Waals surface area contributed by atoms with E-state index in [9.17, 15) is 12.8 Å². The number of nitrogens with one attached hydrogen (secondary N) is 1. The number of rotatable bonds is 3. The SMILES string of the molecule is Nc1ncc(S(=O)(=O)Nc2ccc(Br)cc2F)cn1. The Morgan fingerprint density at radius 1 is 1.26 bits per heavy atom. The molecule has 3 N–H and O–H groups in total. The van der Waals surface area contributed by atoms with Gasteiger partial charge in [0.15, 0.2) is 0 Å². The van der Waals surface area contributed by atoms with Crippen LogP contribution in [-0.4, -0.2) is 18.4 Å². The van der Waals surface area contributed by atoms with Gasteiger partial charge in [-0.25, -0.2) is 22.8 Å². The van der Waals surface area contributed by atoms with E-state index in [2.05, 4.69) is 30.6 Å². The number of benzene rings is 1. The maximum Gasteiger partial charge on any atom is 0.265 e. The van der Waals surface area contributed by atoms with Crippen LogP contribution in [0, 0.1) is 5.82 Å². The van der Waals surface area contributed by atoms with Crippen LogP contribution in [0.5, 0.6) is 0 Å². The highest BCUT2D eigenvalue weighted by Crippen LogP contribution is 2.22. The molecule has 2 rings (SSSR count). The molecule has 0 aliphatic carbocycles. The predicted molar refractivity (Wildman–Crippen MR) is 71.4 cm³/mol. The standard InChI is InChI=1S/C10H8BrFN4O2S/c11-6-1-2-9(8(12)3-6)16-19(17,18)7-4-14-10(13)15-5-7/h1-5,16H,(H2,13,14,15). The van der Waals surface area contributed by atoms with E-state index in [1.54, 1.807) is 0 Å². The van der Waals surface area contributed by atoms with Crippen LogP contribution in [0.2, 0.25) is 0 Å². The van der Waals surface area contributed by atoms with Crippen LogP contribution in [0.15, 0.2) is 40.0 Å². The van der Waals surface area contributed by atoms with Crippen LogP contribution in [0.1, 0.15) is 0 Å². The van der Waals surface area contributed by atoms with Crippen molar-refractivity contribution in [2.75, 3.05) is 10.5 Å². The van der Waals surface area contributed by atoms with Crippen molar-refractivity contribution in [1.29, 1.82) is 0 Å².